The van der Waals surface area contributed by atoms with Crippen LogP contribution in [-0.4, -0.2) is 53.6 Å². The second-order valence-electron chi connectivity index (χ2n) is 6.92. The number of hydrogen-bond donors (Lipinski definition) is 1. The average molecular weight is 349 g/mol. The Balaban J connectivity index is 2.34. The molecule has 1 aromatic rings. The molecule has 0 bridgehead atoms. The Kier molecular flexibility index (Phi) is 6.36. The zero-order chi connectivity index (χ0) is 18.6. The first-order valence-corrected chi connectivity index (χ1v) is 8.80. The standard InChI is InChI=1S/C18H27N3O4/c1-4-19(7-8-22)18(23)15-5-6-16(17(10-15)21(24)25)20-11-13(2)9-14(3)12-20/h5-6,10,13-14,22H,4,7-9,11-12H2,1-3H3. The topological polar surface area (TPSA) is 86.9 Å². The van der Waals surface area contributed by atoms with E-state index >= 15 is 0 Å². The summed E-state index contributed by atoms with van der Waals surface area (Å²) >= 11 is 0. The summed E-state index contributed by atoms with van der Waals surface area (Å²) in [5.41, 5.74) is 0.821. The molecular formula is C18H27N3O4. The lowest BCUT2D eigenvalue weighted by molar-refractivity contribution is -0.384. The highest BCUT2D eigenvalue weighted by molar-refractivity contribution is 5.95. The quantitative estimate of drug-likeness (QED) is 0.630. The van der Waals surface area contributed by atoms with Gasteiger partial charge in [0.1, 0.15) is 5.69 Å². The average Bonchev–Trinajstić information content (AvgIpc) is 2.57. The van der Waals surface area contributed by atoms with E-state index in [1.165, 1.54) is 11.0 Å². The normalized spacial score (nSPS) is 20.4. The maximum absolute atomic E-state index is 12.5. The molecule has 138 valence electrons. The molecule has 1 saturated heterocycles. The van der Waals surface area contributed by atoms with Gasteiger partial charge in [0.25, 0.3) is 11.6 Å². The fourth-order valence-electron chi connectivity index (χ4n) is 3.64. The van der Waals surface area contributed by atoms with Crippen LogP contribution in [0.15, 0.2) is 18.2 Å². The monoisotopic (exact) mass is 349 g/mol. The molecule has 1 N–H and O–H groups in total. The minimum absolute atomic E-state index is 0.0350. The van der Waals surface area contributed by atoms with E-state index in [0.29, 0.717) is 24.1 Å². The number of likely N-dealkylation sites (N-methyl/N-ethyl adjacent to an activating group) is 1. The van der Waals surface area contributed by atoms with Gasteiger partial charge in [-0.25, -0.2) is 0 Å². The number of carbonyl (C=O) groups is 1. The molecule has 7 nitrogen and oxygen atoms in total. The molecule has 2 unspecified atom stereocenters. The van der Waals surface area contributed by atoms with Gasteiger partial charge in [0.05, 0.1) is 11.5 Å². The van der Waals surface area contributed by atoms with Gasteiger partial charge in [-0.1, -0.05) is 13.8 Å². The molecule has 7 heteroatoms. The highest BCUT2D eigenvalue weighted by atomic mass is 16.6. The van der Waals surface area contributed by atoms with Gasteiger partial charge < -0.3 is 14.9 Å². The molecule has 2 atom stereocenters. The lowest BCUT2D eigenvalue weighted by Crippen LogP contribution is -2.39. The molecule has 1 amide bonds. The van der Waals surface area contributed by atoms with E-state index in [9.17, 15) is 14.9 Å². The molecule has 0 aromatic heterocycles. The summed E-state index contributed by atoms with van der Waals surface area (Å²) in [6.45, 7) is 8.20. The molecule has 1 aromatic carbocycles. The van der Waals surface area contributed by atoms with Crippen LogP contribution in [0, 0.1) is 22.0 Å². The van der Waals surface area contributed by atoms with Crippen LogP contribution in [0.4, 0.5) is 11.4 Å². The van der Waals surface area contributed by atoms with Crippen molar-refractivity contribution in [2.45, 2.75) is 27.2 Å². The van der Waals surface area contributed by atoms with Crippen molar-refractivity contribution < 1.29 is 14.8 Å². The maximum Gasteiger partial charge on any atom is 0.293 e. The lowest BCUT2D eigenvalue weighted by Gasteiger charge is -2.36. The molecule has 0 aliphatic carbocycles. The van der Waals surface area contributed by atoms with Crippen LogP contribution in [-0.2, 0) is 0 Å². The number of nitro benzene ring substituents is 1. The van der Waals surface area contributed by atoms with Crippen LogP contribution >= 0.6 is 0 Å². The number of aliphatic hydroxyl groups excluding tert-OH is 1. The number of hydrogen-bond acceptors (Lipinski definition) is 5. The molecule has 0 spiro atoms. The van der Waals surface area contributed by atoms with E-state index in [4.69, 9.17) is 5.11 Å². The number of rotatable bonds is 6. The van der Waals surface area contributed by atoms with Crippen LogP contribution in [0.3, 0.4) is 0 Å². The Bertz CT molecular complexity index is 625. The van der Waals surface area contributed by atoms with Crippen LogP contribution in [0.5, 0.6) is 0 Å². The van der Waals surface area contributed by atoms with E-state index in [1.807, 2.05) is 6.92 Å². The zero-order valence-corrected chi connectivity index (χ0v) is 15.1. The fourth-order valence-corrected chi connectivity index (χ4v) is 3.64. The molecule has 1 aliphatic heterocycles. The number of aliphatic hydroxyl groups is 1. The number of piperidine rings is 1. The summed E-state index contributed by atoms with van der Waals surface area (Å²) in [7, 11) is 0. The van der Waals surface area contributed by atoms with E-state index in [1.54, 1.807) is 12.1 Å². The summed E-state index contributed by atoms with van der Waals surface area (Å²) < 4.78 is 0. The second kappa shape index (κ2) is 8.29. The fraction of sp³-hybridized carbons (Fsp3) is 0.611. The summed E-state index contributed by atoms with van der Waals surface area (Å²) in [5, 5.41) is 20.6. The van der Waals surface area contributed by atoms with Crippen molar-refractivity contribution in [1.29, 1.82) is 0 Å². The van der Waals surface area contributed by atoms with Gasteiger partial charge in [0.15, 0.2) is 0 Å². The van der Waals surface area contributed by atoms with Crippen molar-refractivity contribution in [1.82, 2.24) is 4.90 Å². The molecule has 1 fully saturated rings. The van der Waals surface area contributed by atoms with Crippen LogP contribution in [0.2, 0.25) is 0 Å². The largest absolute Gasteiger partial charge is 0.395 e. The number of amides is 1. The van der Waals surface area contributed by atoms with E-state index in [2.05, 4.69) is 18.7 Å². The van der Waals surface area contributed by atoms with Gasteiger partial charge >= 0.3 is 0 Å². The number of benzene rings is 1. The Labute approximate surface area is 148 Å². The predicted molar refractivity (Wildman–Crippen MR) is 96.9 cm³/mol. The van der Waals surface area contributed by atoms with E-state index in [0.717, 1.165) is 19.5 Å². The Morgan fingerprint density at radius 2 is 2.00 bits per heavy atom. The summed E-state index contributed by atoms with van der Waals surface area (Å²) in [5.74, 6) is 0.654. The molecule has 1 aliphatic rings. The summed E-state index contributed by atoms with van der Waals surface area (Å²) in [4.78, 5) is 27.2. The number of nitrogens with zero attached hydrogens (tertiary/aromatic N) is 3. The van der Waals surface area contributed by atoms with Crippen LogP contribution in [0.1, 0.15) is 37.6 Å². The first-order valence-electron chi connectivity index (χ1n) is 8.80. The van der Waals surface area contributed by atoms with Crippen LogP contribution < -0.4 is 4.90 Å². The van der Waals surface area contributed by atoms with Crippen molar-refractivity contribution in [3.63, 3.8) is 0 Å². The Hall–Kier alpha value is -2.15. The van der Waals surface area contributed by atoms with Gasteiger partial charge in [0.2, 0.25) is 0 Å². The molecule has 1 heterocycles. The Morgan fingerprint density at radius 1 is 1.36 bits per heavy atom. The van der Waals surface area contributed by atoms with Gasteiger partial charge in [0, 0.05) is 37.8 Å². The van der Waals surface area contributed by atoms with E-state index in [-0.39, 0.29) is 30.3 Å². The zero-order valence-electron chi connectivity index (χ0n) is 15.1. The molecule has 0 saturated carbocycles. The first kappa shape index (κ1) is 19.2. The predicted octanol–water partition coefficient (Wildman–Crippen LogP) is 2.53. The van der Waals surface area contributed by atoms with Crippen LogP contribution in [0.25, 0.3) is 0 Å². The molecule has 2 rings (SSSR count). The minimum Gasteiger partial charge on any atom is -0.395 e. The van der Waals surface area contributed by atoms with Crippen molar-refractivity contribution in [3.8, 4) is 0 Å². The van der Waals surface area contributed by atoms with Crippen molar-refractivity contribution in [3.05, 3.63) is 33.9 Å². The highest BCUT2D eigenvalue weighted by Crippen LogP contribution is 2.34. The minimum atomic E-state index is -0.418. The number of anilines is 1. The third kappa shape index (κ3) is 4.48. The molecular weight excluding hydrogens is 322 g/mol. The first-order chi connectivity index (χ1) is 11.9. The SMILES string of the molecule is CCN(CCO)C(=O)c1ccc(N2CC(C)CC(C)C2)c([N+](=O)[O-])c1. The maximum atomic E-state index is 12.5. The van der Waals surface area contributed by atoms with Gasteiger partial charge in [-0.3, -0.25) is 14.9 Å². The summed E-state index contributed by atoms with van der Waals surface area (Å²) in [6, 6.07) is 4.69. The second-order valence-corrected chi connectivity index (χ2v) is 6.92. The van der Waals surface area contributed by atoms with Crippen molar-refractivity contribution in [2.75, 3.05) is 37.7 Å². The number of carbonyl (C=O) groups excluding carboxylic acids is 1. The van der Waals surface area contributed by atoms with E-state index < -0.39 is 4.92 Å². The molecule has 25 heavy (non-hydrogen) atoms. The highest BCUT2D eigenvalue weighted by Gasteiger charge is 2.28. The van der Waals surface area contributed by atoms with Crippen molar-refractivity contribution >= 4 is 17.3 Å². The third-order valence-electron chi connectivity index (χ3n) is 4.67. The third-order valence-corrected chi connectivity index (χ3v) is 4.67. The molecule has 0 radical (unpaired) electrons. The van der Waals surface area contributed by atoms with Gasteiger partial charge in [-0.05, 0) is 37.3 Å². The lowest BCUT2D eigenvalue weighted by atomic mass is 9.91. The van der Waals surface area contributed by atoms with Gasteiger partial charge in [-0.15, -0.1) is 0 Å². The van der Waals surface area contributed by atoms with Gasteiger partial charge in [-0.2, -0.15) is 0 Å². The summed E-state index contributed by atoms with van der Waals surface area (Å²) in [6.07, 6.45) is 1.12. The Morgan fingerprint density at radius 3 is 2.52 bits per heavy atom. The number of nitro groups is 1. The smallest absolute Gasteiger partial charge is 0.293 e. The van der Waals surface area contributed by atoms with Crippen molar-refractivity contribution in [2.24, 2.45) is 11.8 Å².